The highest BCUT2D eigenvalue weighted by Crippen LogP contribution is 2.29. The molecule has 152 valence electrons. The van der Waals surface area contributed by atoms with E-state index in [0.29, 0.717) is 0 Å². The maximum absolute atomic E-state index is 12.8. The van der Waals surface area contributed by atoms with Gasteiger partial charge in [0.25, 0.3) is 6.33 Å². The quantitative estimate of drug-likeness (QED) is 0.336. The number of halogens is 4. The zero-order valence-electron chi connectivity index (χ0n) is 15.6. The summed E-state index contributed by atoms with van der Waals surface area (Å²) in [5.74, 6) is -0.415. The fourth-order valence-electron chi connectivity index (χ4n) is 3.12. The lowest BCUT2D eigenvalue weighted by molar-refractivity contribution is -0.686. The molecule has 0 spiro atoms. The number of carbonyl (C=O) groups excluding carboxylic acids is 1. The van der Waals surface area contributed by atoms with Crippen LogP contribution in [-0.4, -0.2) is 10.8 Å². The van der Waals surface area contributed by atoms with Gasteiger partial charge in [0, 0.05) is 17.2 Å². The van der Waals surface area contributed by atoms with Crippen molar-refractivity contribution in [3.05, 3.63) is 96.4 Å². The monoisotopic (exact) mass is 472 g/mol. The lowest BCUT2D eigenvalue weighted by Gasteiger charge is -2.07. The molecule has 3 aromatic carbocycles. The Balaban J connectivity index is 0.00000256. The van der Waals surface area contributed by atoms with Gasteiger partial charge in [0.05, 0.1) is 11.8 Å². The van der Waals surface area contributed by atoms with Gasteiger partial charge in [-0.2, -0.15) is 13.2 Å². The Morgan fingerprint density at radius 2 is 1.67 bits per heavy atom. The molecule has 0 aliphatic heterocycles. The van der Waals surface area contributed by atoms with Crippen LogP contribution < -0.4 is 21.5 Å². The van der Waals surface area contributed by atoms with E-state index in [1.165, 1.54) is 18.5 Å². The van der Waals surface area contributed by atoms with Crippen molar-refractivity contribution in [3.8, 4) is 11.3 Å². The number of rotatable bonds is 4. The summed E-state index contributed by atoms with van der Waals surface area (Å²) in [6.45, 7) is -0.0910. The molecule has 3 nitrogen and oxygen atoms in total. The van der Waals surface area contributed by atoms with Crippen molar-refractivity contribution in [3.63, 3.8) is 0 Å². The van der Waals surface area contributed by atoms with Gasteiger partial charge in [0.1, 0.15) is 0 Å². The molecule has 0 fully saturated rings. The van der Waals surface area contributed by atoms with Crippen LogP contribution in [0.1, 0.15) is 15.9 Å². The molecule has 4 rings (SSSR count). The first-order chi connectivity index (χ1) is 13.9. The van der Waals surface area contributed by atoms with E-state index in [1.807, 2.05) is 42.5 Å². The second-order valence-corrected chi connectivity index (χ2v) is 6.68. The normalized spacial score (nSPS) is 11.2. The number of nitrogens with zero attached hydrogens (tertiary/aromatic N) is 2. The molecule has 0 amide bonds. The first kappa shape index (κ1) is 21.6. The number of ketones is 1. The number of carbonyl (C=O) groups is 1. The van der Waals surface area contributed by atoms with Gasteiger partial charge in [-0.25, -0.2) is 4.57 Å². The topological polar surface area (TPSA) is 33.8 Å². The Kier molecular flexibility index (Phi) is 6.31. The van der Waals surface area contributed by atoms with E-state index in [0.717, 1.165) is 34.2 Å². The van der Waals surface area contributed by atoms with Crippen LogP contribution in [0.25, 0.3) is 22.0 Å². The number of alkyl halides is 3. The molecule has 30 heavy (non-hydrogen) atoms. The third-order valence-electron chi connectivity index (χ3n) is 4.65. The second-order valence-electron chi connectivity index (χ2n) is 6.68. The number of Topliss-reactive ketones (excluding diaryl/α,β-unsaturated/α-hetero) is 1. The molecule has 0 saturated heterocycles. The minimum atomic E-state index is -4.48. The first-order valence-electron chi connectivity index (χ1n) is 8.95. The van der Waals surface area contributed by atoms with Crippen LogP contribution in [-0.2, 0) is 12.7 Å². The van der Waals surface area contributed by atoms with Crippen molar-refractivity contribution in [2.45, 2.75) is 12.7 Å². The Bertz CT molecular complexity index is 1190. The average Bonchev–Trinajstić information content (AvgIpc) is 2.73. The fourth-order valence-corrected chi connectivity index (χ4v) is 3.12. The number of benzene rings is 3. The van der Waals surface area contributed by atoms with Crippen molar-refractivity contribution in [1.82, 2.24) is 4.98 Å². The van der Waals surface area contributed by atoms with E-state index < -0.39 is 17.5 Å². The molecular weight excluding hydrogens is 457 g/mol. The predicted octanol–water partition coefficient (Wildman–Crippen LogP) is 2.09. The highest BCUT2D eigenvalue weighted by atomic mass is 79.9. The summed E-state index contributed by atoms with van der Waals surface area (Å²) in [4.78, 5) is 16.8. The Morgan fingerprint density at radius 3 is 2.37 bits per heavy atom. The zero-order chi connectivity index (χ0) is 20.4. The summed E-state index contributed by atoms with van der Waals surface area (Å²) in [5.41, 5.74) is 0.877. The molecule has 4 aromatic rings. The van der Waals surface area contributed by atoms with E-state index in [-0.39, 0.29) is 29.1 Å². The van der Waals surface area contributed by atoms with Crippen LogP contribution in [0.4, 0.5) is 13.2 Å². The Labute approximate surface area is 181 Å². The summed E-state index contributed by atoms with van der Waals surface area (Å²) >= 11 is 0. The van der Waals surface area contributed by atoms with Crippen molar-refractivity contribution in [2.75, 3.05) is 0 Å². The van der Waals surface area contributed by atoms with Gasteiger partial charge in [-0.1, -0.05) is 42.5 Å². The number of aromatic nitrogens is 2. The molecule has 0 aliphatic carbocycles. The molecule has 0 atom stereocenters. The molecule has 0 radical (unpaired) electrons. The number of fused-ring (bicyclic) bond motifs is 1. The number of hydrogen-bond acceptors (Lipinski definition) is 2. The van der Waals surface area contributed by atoms with Crippen molar-refractivity contribution >= 4 is 16.6 Å². The van der Waals surface area contributed by atoms with Gasteiger partial charge in [-0.15, -0.1) is 0 Å². The predicted molar refractivity (Wildman–Crippen MR) is 103 cm³/mol. The van der Waals surface area contributed by atoms with Gasteiger partial charge in [-0.05, 0) is 40.0 Å². The number of hydrogen-bond donors (Lipinski definition) is 0. The maximum Gasteiger partial charge on any atom is 0.416 e. The summed E-state index contributed by atoms with van der Waals surface area (Å²) in [6.07, 6.45) is -1.27. The third-order valence-corrected chi connectivity index (χ3v) is 4.65. The minimum absolute atomic E-state index is 0. The van der Waals surface area contributed by atoms with E-state index in [9.17, 15) is 18.0 Å². The van der Waals surface area contributed by atoms with Gasteiger partial charge in [0.2, 0.25) is 5.78 Å². The molecule has 1 heterocycles. The zero-order valence-corrected chi connectivity index (χ0v) is 17.2. The van der Waals surface area contributed by atoms with Crippen LogP contribution in [0.15, 0.2) is 85.3 Å². The van der Waals surface area contributed by atoms with Gasteiger partial charge in [-0.3, -0.25) is 4.79 Å². The first-order valence-corrected chi connectivity index (χ1v) is 8.95. The van der Waals surface area contributed by atoms with Gasteiger partial charge in [0.15, 0.2) is 12.2 Å². The van der Waals surface area contributed by atoms with E-state index >= 15 is 0 Å². The lowest BCUT2D eigenvalue weighted by Crippen LogP contribution is -3.00. The molecule has 0 unspecified atom stereocenters. The highest BCUT2D eigenvalue weighted by Gasteiger charge is 2.31. The summed E-state index contributed by atoms with van der Waals surface area (Å²) in [7, 11) is 0. The second kappa shape index (κ2) is 8.75. The van der Waals surface area contributed by atoms with Crippen LogP contribution in [0.3, 0.4) is 0 Å². The van der Waals surface area contributed by atoms with Crippen LogP contribution >= 0.6 is 0 Å². The molecule has 0 aliphatic rings. The van der Waals surface area contributed by atoms with Crippen molar-refractivity contribution < 1.29 is 39.5 Å². The smallest absolute Gasteiger partial charge is 0.416 e. The SMILES string of the molecule is O=C(C[n+]1ccc(-c2ccc3ccccc3c2)nc1)c1cccc(C(F)(F)F)c1.[Br-]. The van der Waals surface area contributed by atoms with E-state index in [4.69, 9.17) is 0 Å². The van der Waals surface area contributed by atoms with E-state index in [2.05, 4.69) is 4.98 Å². The van der Waals surface area contributed by atoms with E-state index in [1.54, 1.807) is 16.8 Å². The fraction of sp³-hybridized carbons (Fsp3) is 0.0870. The minimum Gasteiger partial charge on any atom is -1.00 e. The molecule has 7 heteroatoms. The van der Waals surface area contributed by atoms with Crippen LogP contribution in [0, 0.1) is 0 Å². The highest BCUT2D eigenvalue weighted by molar-refractivity contribution is 5.95. The maximum atomic E-state index is 12.8. The van der Waals surface area contributed by atoms with Gasteiger partial charge < -0.3 is 17.0 Å². The summed E-state index contributed by atoms with van der Waals surface area (Å²) in [5, 5.41) is 2.23. The average molecular weight is 473 g/mol. The Morgan fingerprint density at radius 1 is 0.900 bits per heavy atom. The third kappa shape index (κ3) is 4.74. The van der Waals surface area contributed by atoms with Crippen LogP contribution in [0.2, 0.25) is 0 Å². The Hall–Kier alpha value is -3.06. The molecular formula is C23H16BrF3N2O. The molecule has 0 N–H and O–H groups in total. The van der Waals surface area contributed by atoms with Crippen LogP contribution in [0.5, 0.6) is 0 Å². The standard InChI is InChI=1S/C23H16F3N2O.BrH/c24-23(25,26)20-7-3-6-19(13-20)22(29)14-28-11-10-21(27-15-28)18-9-8-16-4-1-2-5-17(16)12-18;/h1-13,15H,14H2;1H/q+1;/p-1. The lowest BCUT2D eigenvalue weighted by atomic mass is 10.1. The molecule has 0 bridgehead atoms. The molecule has 1 aromatic heterocycles. The van der Waals surface area contributed by atoms with Crippen molar-refractivity contribution in [1.29, 1.82) is 0 Å². The largest absolute Gasteiger partial charge is 1.00 e. The van der Waals surface area contributed by atoms with Crippen molar-refractivity contribution in [2.24, 2.45) is 0 Å². The summed E-state index contributed by atoms with van der Waals surface area (Å²) < 4.78 is 40.1. The summed E-state index contributed by atoms with van der Waals surface area (Å²) in [6, 6.07) is 20.3. The van der Waals surface area contributed by atoms with Gasteiger partial charge >= 0.3 is 6.18 Å². The molecule has 0 saturated carbocycles.